The first-order valence-electron chi connectivity index (χ1n) is 18.9. The van der Waals surface area contributed by atoms with Gasteiger partial charge < -0.3 is 44.2 Å². The van der Waals surface area contributed by atoms with Gasteiger partial charge in [0.05, 0.1) is 37.6 Å². The van der Waals surface area contributed by atoms with Crippen LogP contribution in [0.15, 0.2) is 18.2 Å². The van der Waals surface area contributed by atoms with E-state index in [1.54, 1.807) is 14.2 Å². The highest BCUT2D eigenvalue weighted by Gasteiger charge is 2.60. The second kappa shape index (κ2) is 13.7. The van der Waals surface area contributed by atoms with Crippen molar-refractivity contribution in [3.8, 4) is 40.6 Å². The Kier molecular flexibility index (Phi) is 9.05. The predicted molar refractivity (Wildman–Crippen MR) is 204 cm³/mol. The Balaban J connectivity index is 1.30. The van der Waals surface area contributed by atoms with Gasteiger partial charge in [-0.1, -0.05) is 12.1 Å². The van der Waals surface area contributed by atoms with E-state index in [1.165, 1.54) is 18.7 Å². The molecule has 3 aromatic rings. The van der Waals surface area contributed by atoms with Gasteiger partial charge in [-0.3, -0.25) is 15.0 Å². The Morgan fingerprint density at radius 3 is 2.64 bits per heavy atom. The molecule has 0 radical (unpaired) electrons. The number of aryl methyl sites for hydroxylation is 1. The summed E-state index contributed by atoms with van der Waals surface area (Å²) in [6.07, 6.45) is 1.18. The molecule has 10 rings (SSSR count). The standard InChI is InChI=1S/C41H45N5O9S/c1-18-9-22-11-25-26(13-42)46-27-15-52-40(49)41(24-12-28(50-5)23(14-43-4)10-21(24)7-8-44-41)16-56-39(33(46)32(45-25)29(22)34(48)35(18)51-6)31-30(27)38-37(53-17-54-38)19(2)36(31)55-20(3)47/h9-10,12,25-27,32-33,39,43-45,48H,7-8,11,14-17H2,1-6H3/t25-,26-,27-,32+,33+,39+,41+/m0/s1. The first-order valence-corrected chi connectivity index (χ1v) is 20.0. The summed E-state index contributed by atoms with van der Waals surface area (Å²) in [5, 5.41) is 33.1. The molecule has 1 spiro atoms. The van der Waals surface area contributed by atoms with Gasteiger partial charge in [-0.15, -0.1) is 11.8 Å². The van der Waals surface area contributed by atoms with Crippen LogP contribution in [0, 0.1) is 25.2 Å². The van der Waals surface area contributed by atoms with Crippen molar-refractivity contribution in [1.82, 2.24) is 20.9 Å². The number of carbonyl (C=O) groups is 2. The molecule has 4 bridgehead atoms. The molecule has 0 amide bonds. The Morgan fingerprint density at radius 1 is 1.11 bits per heavy atom. The van der Waals surface area contributed by atoms with Crippen LogP contribution in [0.1, 0.15) is 74.3 Å². The largest absolute Gasteiger partial charge is 0.504 e. The predicted octanol–water partition coefficient (Wildman–Crippen LogP) is 3.66. The summed E-state index contributed by atoms with van der Waals surface area (Å²) in [6.45, 7) is 6.06. The smallest absolute Gasteiger partial charge is 0.331 e. The third kappa shape index (κ3) is 5.22. The average molecular weight is 784 g/mol. The van der Waals surface area contributed by atoms with Crippen molar-refractivity contribution in [3.63, 3.8) is 0 Å². The Labute approximate surface area is 329 Å². The van der Waals surface area contributed by atoms with E-state index in [-0.39, 0.29) is 30.9 Å². The number of esters is 2. The van der Waals surface area contributed by atoms with E-state index >= 15 is 0 Å². The number of methoxy groups -OCH3 is 2. The molecule has 0 aromatic heterocycles. The molecule has 0 aliphatic carbocycles. The van der Waals surface area contributed by atoms with E-state index < -0.39 is 46.9 Å². The Bertz CT molecular complexity index is 2230. The number of nitriles is 1. The number of phenols is 1. The van der Waals surface area contributed by atoms with Crippen LogP contribution in [0.4, 0.5) is 0 Å². The minimum absolute atomic E-state index is 0.0457. The third-order valence-electron chi connectivity index (χ3n) is 12.4. The summed E-state index contributed by atoms with van der Waals surface area (Å²) in [4.78, 5) is 30.0. The van der Waals surface area contributed by atoms with Crippen molar-refractivity contribution in [2.24, 2.45) is 0 Å². The first-order chi connectivity index (χ1) is 27.1. The molecule has 7 aliphatic heterocycles. The van der Waals surface area contributed by atoms with Crippen LogP contribution in [0.5, 0.6) is 34.5 Å². The number of rotatable bonds is 5. The molecule has 4 N–H and O–H groups in total. The molecule has 7 atom stereocenters. The molecule has 7 heterocycles. The number of carbonyl (C=O) groups excluding carboxylic acids is 2. The Hall–Kier alpha value is -4.72. The number of ether oxygens (including phenoxy) is 6. The monoisotopic (exact) mass is 783 g/mol. The minimum Gasteiger partial charge on any atom is -0.504 e. The maximum atomic E-state index is 14.9. The average Bonchev–Trinajstić information content (AvgIpc) is 3.67. The lowest BCUT2D eigenvalue weighted by atomic mass is 9.72. The SMILES string of the molecule is CNCc1cc2c(cc1OC)[C@@]1(CS[C@@H]3c4c(OC(C)=O)c(C)c5c(c4[C@H](COC1=O)N1[C@@H]3[C@@H]3N[C@@H](Cc4cc(C)c(OC)c(O)c43)[C@@H]1C#N)OCO5)NCC2. The van der Waals surface area contributed by atoms with Crippen molar-refractivity contribution < 1.29 is 43.1 Å². The van der Waals surface area contributed by atoms with E-state index in [0.717, 1.165) is 27.8 Å². The normalized spacial score (nSPS) is 28.3. The van der Waals surface area contributed by atoms with E-state index in [2.05, 4.69) is 33.0 Å². The molecule has 7 aliphatic rings. The summed E-state index contributed by atoms with van der Waals surface area (Å²) in [6, 6.07) is 5.97. The van der Waals surface area contributed by atoms with Crippen molar-refractivity contribution in [3.05, 3.63) is 68.3 Å². The quantitative estimate of drug-likeness (QED) is 0.218. The molecule has 0 saturated carbocycles. The number of aromatic hydroxyl groups is 1. The summed E-state index contributed by atoms with van der Waals surface area (Å²) < 4.78 is 36.5. The van der Waals surface area contributed by atoms with Crippen molar-refractivity contribution in [2.75, 3.05) is 47.0 Å². The zero-order chi connectivity index (χ0) is 39.2. The number of phenolic OH excluding ortho intramolecular Hbond substituents is 1. The molecule has 294 valence electrons. The minimum atomic E-state index is -1.27. The highest BCUT2D eigenvalue weighted by atomic mass is 32.2. The Morgan fingerprint density at radius 2 is 1.91 bits per heavy atom. The molecular weight excluding hydrogens is 739 g/mol. The van der Waals surface area contributed by atoms with Gasteiger partial charge in [0.2, 0.25) is 6.79 Å². The summed E-state index contributed by atoms with van der Waals surface area (Å²) in [5.74, 6) is 1.65. The van der Waals surface area contributed by atoms with Gasteiger partial charge in [0.15, 0.2) is 28.5 Å². The fraction of sp³-hybridized carbons (Fsp3) is 0.488. The van der Waals surface area contributed by atoms with E-state index in [4.69, 9.17) is 28.4 Å². The van der Waals surface area contributed by atoms with E-state index in [9.17, 15) is 20.0 Å². The van der Waals surface area contributed by atoms with Crippen LogP contribution in [0.3, 0.4) is 0 Å². The molecule has 2 saturated heterocycles. The van der Waals surface area contributed by atoms with Crippen molar-refractivity contribution in [1.29, 1.82) is 5.26 Å². The second-order valence-electron chi connectivity index (χ2n) is 15.3. The van der Waals surface area contributed by atoms with Crippen LogP contribution in [0.2, 0.25) is 0 Å². The van der Waals surface area contributed by atoms with E-state index in [1.807, 2.05) is 33.0 Å². The molecule has 3 aromatic carbocycles. The van der Waals surface area contributed by atoms with Crippen LogP contribution in [0.25, 0.3) is 0 Å². The first kappa shape index (κ1) is 36.9. The van der Waals surface area contributed by atoms with Gasteiger partial charge >= 0.3 is 11.9 Å². The lowest BCUT2D eigenvalue weighted by Gasteiger charge is -2.59. The molecule has 15 heteroatoms. The third-order valence-corrected chi connectivity index (χ3v) is 13.9. The number of nitrogens with zero attached hydrogens (tertiary/aromatic N) is 2. The number of piperazine rings is 1. The lowest BCUT2D eigenvalue weighted by Crippen LogP contribution is -2.69. The highest BCUT2D eigenvalue weighted by Crippen LogP contribution is 2.63. The fourth-order valence-electron chi connectivity index (χ4n) is 10.2. The van der Waals surface area contributed by atoms with Gasteiger partial charge in [0.25, 0.3) is 0 Å². The van der Waals surface area contributed by atoms with Crippen LogP contribution >= 0.6 is 11.8 Å². The van der Waals surface area contributed by atoms with Crippen LogP contribution in [-0.4, -0.2) is 87.0 Å². The number of hydrogen-bond acceptors (Lipinski definition) is 15. The van der Waals surface area contributed by atoms with Crippen LogP contribution < -0.4 is 39.6 Å². The summed E-state index contributed by atoms with van der Waals surface area (Å²) >= 11 is 1.52. The van der Waals surface area contributed by atoms with Crippen molar-refractivity contribution >= 4 is 23.7 Å². The maximum Gasteiger partial charge on any atom is 0.331 e. The maximum absolute atomic E-state index is 14.9. The molecular formula is C41H45N5O9S. The second-order valence-corrected chi connectivity index (χ2v) is 16.5. The van der Waals surface area contributed by atoms with Gasteiger partial charge in [-0.2, -0.15) is 5.26 Å². The lowest BCUT2D eigenvalue weighted by molar-refractivity contribution is -0.155. The zero-order valence-corrected chi connectivity index (χ0v) is 33.0. The topological polar surface area (TPSA) is 173 Å². The van der Waals surface area contributed by atoms with E-state index in [0.29, 0.717) is 76.9 Å². The number of nitrogens with one attached hydrogen (secondary N) is 3. The van der Waals surface area contributed by atoms with Gasteiger partial charge in [0.1, 0.15) is 24.1 Å². The van der Waals surface area contributed by atoms with Gasteiger partial charge in [0, 0.05) is 65.7 Å². The molecule has 2 fully saturated rings. The van der Waals surface area contributed by atoms with Gasteiger partial charge in [-0.05, 0) is 62.1 Å². The molecule has 0 unspecified atom stereocenters. The number of hydrogen-bond donors (Lipinski definition) is 4. The van der Waals surface area contributed by atoms with Gasteiger partial charge in [-0.25, -0.2) is 4.79 Å². The number of fused-ring (bicyclic) bond motifs is 9. The summed E-state index contributed by atoms with van der Waals surface area (Å²) in [7, 11) is 5.05. The van der Waals surface area contributed by atoms with Crippen LogP contribution in [-0.2, 0) is 39.3 Å². The summed E-state index contributed by atoms with van der Waals surface area (Å²) in [5.41, 5.74) is 5.94. The fourth-order valence-corrected chi connectivity index (χ4v) is 11.9. The molecule has 56 heavy (non-hydrogen) atoms. The zero-order valence-electron chi connectivity index (χ0n) is 32.2. The molecule has 14 nitrogen and oxygen atoms in total. The number of thioether (sulfide) groups is 1. The van der Waals surface area contributed by atoms with Crippen molar-refractivity contribution in [2.45, 2.75) is 81.2 Å². The number of benzene rings is 3. The highest BCUT2D eigenvalue weighted by molar-refractivity contribution is 7.99.